The Balaban J connectivity index is 1.82. The van der Waals surface area contributed by atoms with Gasteiger partial charge >= 0.3 is 0 Å². The van der Waals surface area contributed by atoms with Crippen LogP contribution in [0.2, 0.25) is 0 Å². The van der Waals surface area contributed by atoms with Crippen LogP contribution in [-0.4, -0.2) is 55.1 Å². The molecule has 4 aliphatic carbocycles. The van der Waals surface area contributed by atoms with Crippen LogP contribution in [0, 0.1) is 39.4 Å². The number of fused-ring (bicyclic) bond motifs is 5. The van der Waals surface area contributed by atoms with Crippen LogP contribution < -0.4 is 0 Å². The van der Waals surface area contributed by atoms with Crippen LogP contribution in [0.3, 0.4) is 0 Å². The molecule has 8 atom stereocenters. The Labute approximate surface area is 219 Å². The molecule has 0 aromatic carbocycles. The van der Waals surface area contributed by atoms with Crippen molar-refractivity contribution in [3.05, 3.63) is 35.6 Å². The van der Waals surface area contributed by atoms with Crippen molar-refractivity contribution in [3.63, 3.8) is 0 Å². The zero-order valence-corrected chi connectivity index (χ0v) is 23.3. The Kier molecular flexibility index (Phi) is 6.01. The van der Waals surface area contributed by atoms with Crippen molar-refractivity contribution in [2.45, 2.75) is 92.0 Å². The highest BCUT2D eigenvalue weighted by Gasteiger charge is 2.74. The molecule has 2 fully saturated rings. The first kappa shape index (κ1) is 27.9. The van der Waals surface area contributed by atoms with Gasteiger partial charge in [-0.25, -0.2) is 0 Å². The maximum Gasteiger partial charge on any atom is 0.206 e. The van der Waals surface area contributed by atoms with Crippen molar-refractivity contribution in [1.82, 2.24) is 0 Å². The van der Waals surface area contributed by atoms with Gasteiger partial charge in [-0.15, -0.1) is 0 Å². The molecular formula is C30H42O7. The van der Waals surface area contributed by atoms with E-state index < -0.39 is 56.6 Å². The molecule has 0 bridgehead atoms. The number of aliphatic hydroxyl groups is 4. The van der Waals surface area contributed by atoms with Gasteiger partial charge in [0.15, 0.2) is 11.5 Å². The third-order valence-electron chi connectivity index (χ3n) is 10.8. The quantitative estimate of drug-likeness (QED) is 0.333. The lowest BCUT2D eigenvalue weighted by Gasteiger charge is -2.63. The predicted octanol–water partition coefficient (Wildman–Crippen LogP) is 3.62. The fraction of sp³-hybridized carbons (Fsp3) is 0.700. The van der Waals surface area contributed by atoms with Crippen LogP contribution in [0.5, 0.6) is 0 Å². The van der Waals surface area contributed by atoms with Crippen molar-refractivity contribution in [2.75, 3.05) is 0 Å². The molecule has 0 aromatic rings. The van der Waals surface area contributed by atoms with Crippen molar-refractivity contribution in [1.29, 1.82) is 0 Å². The monoisotopic (exact) mass is 514 g/mol. The van der Waals surface area contributed by atoms with E-state index in [4.69, 9.17) is 0 Å². The minimum absolute atomic E-state index is 0.0453. The van der Waals surface area contributed by atoms with Crippen LogP contribution in [0.4, 0.5) is 0 Å². The maximum absolute atomic E-state index is 14.2. The van der Waals surface area contributed by atoms with E-state index in [1.165, 1.54) is 32.9 Å². The molecule has 0 saturated heterocycles. The minimum Gasteiger partial charge on any atom is -0.505 e. The highest BCUT2D eigenvalue weighted by atomic mass is 16.3. The van der Waals surface area contributed by atoms with Crippen molar-refractivity contribution in [2.24, 2.45) is 39.4 Å². The van der Waals surface area contributed by atoms with Gasteiger partial charge in [0, 0.05) is 23.7 Å². The second-order valence-corrected chi connectivity index (χ2v) is 13.9. The van der Waals surface area contributed by atoms with E-state index in [1.807, 2.05) is 26.8 Å². The summed E-state index contributed by atoms with van der Waals surface area (Å²) in [6.07, 6.45) is 5.85. The molecule has 37 heavy (non-hydrogen) atoms. The number of rotatable bonds is 4. The van der Waals surface area contributed by atoms with Crippen LogP contribution in [0.15, 0.2) is 35.6 Å². The van der Waals surface area contributed by atoms with E-state index in [9.17, 15) is 34.8 Å². The molecule has 4 N–H and O–H groups in total. The number of aliphatic hydroxyl groups excluding tert-OH is 2. The van der Waals surface area contributed by atoms with Crippen LogP contribution in [-0.2, 0) is 14.4 Å². The van der Waals surface area contributed by atoms with Crippen LogP contribution in [0.1, 0.15) is 74.7 Å². The van der Waals surface area contributed by atoms with Crippen molar-refractivity contribution < 1.29 is 34.8 Å². The van der Waals surface area contributed by atoms with Gasteiger partial charge in [-0.2, -0.15) is 0 Å². The second kappa shape index (κ2) is 7.96. The van der Waals surface area contributed by atoms with Gasteiger partial charge < -0.3 is 20.4 Å². The van der Waals surface area contributed by atoms with Gasteiger partial charge in [0.2, 0.25) is 5.78 Å². The van der Waals surface area contributed by atoms with E-state index >= 15 is 0 Å². The number of carbonyl (C=O) groups is 3. The van der Waals surface area contributed by atoms with Gasteiger partial charge in [-0.3, -0.25) is 14.4 Å². The lowest BCUT2D eigenvalue weighted by Crippen LogP contribution is -2.64. The van der Waals surface area contributed by atoms with E-state index in [0.29, 0.717) is 12.8 Å². The number of hydrogen-bond acceptors (Lipinski definition) is 7. The highest BCUT2D eigenvalue weighted by Crippen LogP contribution is 2.73. The third-order valence-corrected chi connectivity index (χ3v) is 10.8. The molecule has 0 spiro atoms. The van der Waals surface area contributed by atoms with Gasteiger partial charge in [0.05, 0.1) is 17.1 Å². The average Bonchev–Trinajstić information content (AvgIpc) is 2.96. The summed E-state index contributed by atoms with van der Waals surface area (Å²) >= 11 is 0. The molecule has 0 radical (unpaired) electrons. The van der Waals surface area contributed by atoms with Gasteiger partial charge in [0.25, 0.3) is 0 Å². The fourth-order valence-corrected chi connectivity index (χ4v) is 8.58. The summed E-state index contributed by atoms with van der Waals surface area (Å²) in [5, 5.41) is 43.6. The first-order valence-corrected chi connectivity index (χ1v) is 13.2. The Morgan fingerprint density at radius 1 is 1.05 bits per heavy atom. The standard InChI is InChI=1S/C30H42O7/c1-25(2,36)12-11-21(33)30(8,37)23-19(32)14-27(5)20-10-9-16-17(13-18(31)24(35)26(16,3)4)29(20,7)22(34)15-28(23,27)6/h9,11-13,17,19-20,23,31-32,36-37H,10,14-15H2,1-8H3/b12-11+/t17-,19-,20-,23+,27-,28+,29+,30-/m0/s1. The number of ketones is 3. The lowest BCUT2D eigenvalue weighted by atomic mass is 9.39. The molecule has 4 aliphatic rings. The zero-order chi connectivity index (χ0) is 28.1. The highest BCUT2D eigenvalue weighted by molar-refractivity contribution is 6.02. The van der Waals surface area contributed by atoms with E-state index in [1.54, 1.807) is 13.8 Å². The Morgan fingerprint density at radius 3 is 2.22 bits per heavy atom. The number of Topliss-reactive ketones (excluding diaryl/α,β-unsaturated/α-hetero) is 2. The second-order valence-electron chi connectivity index (χ2n) is 13.9. The predicted molar refractivity (Wildman–Crippen MR) is 138 cm³/mol. The SMILES string of the molecule is CC(C)(O)/C=C/C(=O)[C@](C)(O)[C@@H]1[C@@H](O)C[C@@]2(C)[C@@H]3CC=C4[C@H](C=C(O)C(=O)C4(C)C)[C@@]3(C)C(=O)C[C@]12C. The molecular weight excluding hydrogens is 472 g/mol. The Hall–Kier alpha value is -2.09. The molecule has 0 unspecified atom stereocenters. The maximum atomic E-state index is 14.2. The Morgan fingerprint density at radius 2 is 1.65 bits per heavy atom. The fourth-order valence-electron chi connectivity index (χ4n) is 8.58. The first-order chi connectivity index (χ1) is 16.7. The molecule has 7 nitrogen and oxygen atoms in total. The number of hydrogen-bond donors (Lipinski definition) is 4. The largest absolute Gasteiger partial charge is 0.505 e. The molecule has 204 valence electrons. The Bertz CT molecular complexity index is 1150. The first-order valence-electron chi connectivity index (χ1n) is 13.2. The molecule has 0 aliphatic heterocycles. The van der Waals surface area contributed by atoms with E-state index in [2.05, 4.69) is 0 Å². The van der Waals surface area contributed by atoms with Crippen molar-refractivity contribution >= 4 is 17.3 Å². The summed E-state index contributed by atoms with van der Waals surface area (Å²) in [5.74, 6) is -2.98. The van der Waals surface area contributed by atoms with Crippen LogP contribution in [0.25, 0.3) is 0 Å². The molecule has 0 amide bonds. The smallest absolute Gasteiger partial charge is 0.206 e. The summed E-state index contributed by atoms with van der Waals surface area (Å²) in [6, 6.07) is 0. The summed E-state index contributed by atoms with van der Waals surface area (Å²) in [4.78, 5) is 40.1. The van der Waals surface area contributed by atoms with E-state index in [-0.39, 0.29) is 29.7 Å². The minimum atomic E-state index is -1.96. The lowest BCUT2D eigenvalue weighted by molar-refractivity contribution is -0.179. The molecule has 4 rings (SSSR count). The third kappa shape index (κ3) is 3.60. The summed E-state index contributed by atoms with van der Waals surface area (Å²) < 4.78 is 0. The molecule has 0 aromatic heterocycles. The summed E-state index contributed by atoms with van der Waals surface area (Å²) in [5.41, 5.74) is -5.75. The van der Waals surface area contributed by atoms with E-state index in [0.717, 1.165) is 11.6 Å². The number of allylic oxidation sites excluding steroid dienone is 4. The topological polar surface area (TPSA) is 132 Å². The number of carbonyl (C=O) groups excluding carboxylic acids is 3. The van der Waals surface area contributed by atoms with Gasteiger partial charge in [-0.1, -0.05) is 38.5 Å². The summed E-state index contributed by atoms with van der Waals surface area (Å²) in [6.45, 7) is 13.8. The summed E-state index contributed by atoms with van der Waals surface area (Å²) in [7, 11) is 0. The molecule has 2 saturated carbocycles. The van der Waals surface area contributed by atoms with Gasteiger partial charge in [-0.05, 0) is 76.4 Å². The van der Waals surface area contributed by atoms with Crippen LogP contribution >= 0.6 is 0 Å². The molecule has 7 heteroatoms. The van der Waals surface area contributed by atoms with Crippen molar-refractivity contribution in [3.8, 4) is 0 Å². The molecule has 0 heterocycles. The average molecular weight is 515 g/mol. The normalized spacial score (nSPS) is 42.9. The zero-order valence-electron chi connectivity index (χ0n) is 23.3. The van der Waals surface area contributed by atoms with Gasteiger partial charge in [0.1, 0.15) is 11.4 Å².